The molecule has 0 atom stereocenters. The lowest BCUT2D eigenvalue weighted by atomic mass is 10.1. The summed E-state index contributed by atoms with van der Waals surface area (Å²) in [6.45, 7) is 4.59. The van der Waals surface area contributed by atoms with Gasteiger partial charge in [-0.05, 0) is 23.6 Å². The molecule has 0 aromatic heterocycles. The van der Waals surface area contributed by atoms with E-state index in [4.69, 9.17) is 4.74 Å². The molecule has 132 valence electrons. The summed E-state index contributed by atoms with van der Waals surface area (Å²) in [4.78, 5) is 13.4. The van der Waals surface area contributed by atoms with E-state index in [1.165, 1.54) is 0 Å². The molecule has 0 spiro atoms. The molecule has 3 nitrogen and oxygen atoms in total. The number of hydrogen-bond acceptors (Lipinski definition) is 3. The molecule has 0 fully saturated rings. The Morgan fingerprint density at radius 1 is 1.04 bits per heavy atom. The van der Waals surface area contributed by atoms with Crippen molar-refractivity contribution in [3.05, 3.63) is 84.9 Å². The van der Waals surface area contributed by atoms with Crippen LogP contribution in [-0.4, -0.2) is 24.8 Å². The van der Waals surface area contributed by atoms with Crippen molar-refractivity contribution in [2.45, 2.75) is 4.90 Å². The van der Waals surface area contributed by atoms with E-state index in [1.54, 1.807) is 11.8 Å². The van der Waals surface area contributed by atoms with E-state index in [2.05, 4.69) is 24.0 Å². The van der Waals surface area contributed by atoms with Crippen LogP contribution in [0.4, 0.5) is 0 Å². The molecule has 3 rings (SSSR count). The second-order valence-corrected chi connectivity index (χ2v) is 6.74. The number of benzene rings is 3. The summed E-state index contributed by atoms with van der Waals surface area (Å²) in [5.74, 6) is 1.52. The lowest BCUT2D eigenvalue weighted by Gasteiger charge is -2.11. The fourth-order valence-corrected chi connectivity index (χ4v) is 3.46. The molecular weight excluding hydrogens is 342 g/mol. The van der Waals surface area contributed by atoms with Gasteiger partial charge >= 0.3 is 0 Å². The standard InChI is InChI=1S/C22H21NO2S/c1-2-16-26-21-13-6-5-11-19(21)22(24)23-14-15-25-20-12-7-9-17-8-3-4-10-18(17)20/h2-13H,1,14-16H2,(H,23,24). The quantitative estimate of drug-likeness (QED) is 0.350. The SMILES string of the molecule is C=CCSc1ccccc1C(=O)NCCOc1cccc2ccccc12. The molecule has 0 aliphatic rings. The zero-order valence-electron chi connectivity index (χ0n) is 14.5. The predicted molar refractivity (Wildman–Crippen MR) is 109 cm³/mol. The van der Waals surface area contributed by atoms with Crippen LogP contribution in [0.1, 0.15) is 10.4 Å². The Balaban J connectivity index is 1.57. The van der Waals surface area contributed by atoms with Crippen molar-refractivity contribution in [2.75, 3.05) is 18.9 Å². The zero-order valence-corrected chi connectivity index (χ0v) is 15.3. The fraction of sp³-hybridized carbons (Fsp3) is 0.136. The Bertz CT molecular complexity index is 902. The van der Waals surface area contributed by atoms with Crippen LogP contribution < -0.4 is 10.1 Å². The van der Waals surface area contributed by atoms with Gasteiger partial charge in [0.2, 0.25) is 0 Å². The summed E-state index contributed by atoms with van der Waals surface area (Å²) in [6, 6.07) is 21.7. The highest BCUT2D eigenvalue weighted by Gasteiger charge is 2.10. The second kappa shape index (κ2) is 9.11. The van der Waals surface area contributed by atoms with Crippen LogP contribution >= 0.6 is 11.8 Å². The summed E-state index contributed by atoms with van der Waals surface area (Å²) in [5.41, 5.74) is 0.685. The maximum atomic E-state index is 12.4. The zero-order chi connectivity index (χ0) is 18.2. The van der Waals surface area contributed by atoms with Gasteiger partial charge in [-0.1, -0.05) is 54.6 Å². The lowest BCUT2D eigenvalue weighted by Crippen LogP contribution is -2.28. The van der Waals surface area contributed by atoms with E-state index in [9.17, 15) is 4.79 Å². The van der Waals surface area contributed by atoms with Gasteiger partial charge in [0.05, 0.1) is 12.1 Å². The summed E-state index contributed by atoms with van der Waals surface area (Å²) in [6.07, 6.45) is 1.83. The van der Waals surface area contributed by atoms with E-state index in [0.29, 0.717) is 18.7 Å². The molecule has 1 N–H and O–H groups in total. The molecule has 4 heteroatoms. The smallest absolute Gasteiger partial charge is 0.252 e. The Morgan fingerprint density at radius 2 is 1.81 bits per heavy atom. The van der Waals surface area contributed by atoms with Crippen LogP contribution in [0, 0.1) is 0 Å². The summed E-state index contributed by atoms with van der Waals surface area (Å²) >= 11 is 1.60. The van der Waals surface area contributed by atoms with Crippen LogP contribution in [0.3, 0.4) is 0 Å². The normalized spacial score (nSPS) is 10.5. The number of hydrogen-bond donors (Lipinski definition) is 1. The van der Waals surface area contributed by atoms with E-state index in [0.717, 1.165) is 27.2 Å². The first-order valence-electron chi connectivity index (χ1n) is 8.51. The largest absolute Gasteiger partial charge is 0.491 e. The van der Waals surface area contributed by atoms with Crippen molar-refractivity contribution in [1.82, 2.24) is 5.32 Å². The number of thioether (sulfide) groups is 1. The van der Waals surface area contributed by atoms with Gasteiger partial charge in [-0.3, -0.25) is 4.79 Å². The van der Waals surface area contributed by atoms with Gasteiger partial charge < -0.3 is 10.1 Å². The third kappa shape index (κ3) is 4.46. The van der Waals surface area contributed by atoms with E-state index < -0.39 is 0 Å². The number of fused-ring (bicyclic) bond motifs is 1. The molecule has 0 bridgehead atoms. The predicted octanol–water partition coefficient (Wildman–Crippen LogP) is 4.93. The molecule has 0 radical (unpaired) electrons. The van der Waals surface area contributed by atoms with Crippen LogP contribution in [0.2, 0.25) is 0 Å². The third-order valence-corrected chi connectivity index (χ3v) is 4.95. The molecule has 0 heterocycles. The molecule has 0 unspecified atom stereocenters. The van der Waals surface area contributed by atoms with Gasteiger partial charge in [0.1, 0.15) is 12.4 Å². The second-order valence-electron chi connectivity index (χ2n) is 5.68. The lowest BCUT2D eigenvalue weighted by molar-refractivity contribution is 0.0944. The first kappa shape index (κ1) is 18.1. The van der Waals surface area contributed by atoms with Crippen molar-refractivity contribution in [3.8, 4) is 5.75 Å². The van der Waals surface area contributed by atoms with Gasteiger partial charge in [0.15, 0.2) is 0 Å². The number of amides is 1. The summed E-state index contributed by atoms with van der Waals surface area (Å²) in [7, 11) is 0. The summed E-state index contributed by atoms with van der Waals surface area (Å²) < 4.78 is 5.87. The van der Waals surface area contributed by atoms with Gasteiger partial charge in [-0.25, -0.2) is 0 Å². The van der Waals surface area contributed by atoms with Crippen LogP contribution in [0.15, 0.2) is 84.3 Å². The topological polar surface area (TPSA) is 38.3 Å². The molecular formula is C22H21NO2S. The summed E-state index contributed by atoms with van der Waals surface area (Å²) in [5, 5.41) is 5.15. The Kier molecular flexibility index (Phi) is 6.34. The number of carbonyl (C=O) groups is 1. The average Bonchev–Trinajstić information content (AvgIpc) is 2.69. The average molecular weight is 363 g/mol. The van der Waals surface area contributed by atoms with Crippen LogP contribution in [-0.2, 0) is 0 Å². The third-order valence-electron chi connectivity index (χ3n) is 3.88. The maximum absolute atomic E-state index is 12.4. The Hall–Kier alpha value is -2.72. The van der Waals surface area contributed by atoms with Crippen molar-refractivity contribution in [2.24, 2.45) is 0 Å². The highest BCUT2D eigenvalue weighted by Crippen LogP contribution is 2.25. The Labute approximate surface area is 158 Å². The molecule has 26 heavy (non-hydrogen) atoms. The number of carbonyl (C=O) groups excluding carboxylic acids is 1. The van der Waals surface area contributed by atoms with Crippen molar-refractivity contribution < 1.29 is 9.53 Å². The van der Waals surface area contributed by atoms with E-state index in [1.807, 2.05) is 60.7 Å². The van der Waals surface area contributed by atoms with Gasteiger partial charge in [-0.15, -0.1) is 18.3 Å². The highest BCUT2D eigenvalue weighted by molar-refractivity contribution is 7.99. The number of nitrogens with one attached hydrogen (secondary N) is 1. The fourth-order valence-electron chi connectivity index (χ4n) is 2.67. The van der Waals surface area contributed by atoms with Crippen LogP contribution in [0.5, 0.6) is 5.75 Å². The first-order chi connectivity index (χ1) is 12.8. The number of rotatable bonds is 8. The van der Waals surface area contributed by atoms with Gasteiger partial charge in [0, 0.05) is 16.0 Å². The van der Waals surface area contributed by atoms with Crippen molar-refractivity contribution in [1.29, 1.82) is 0 Å². The Morgan fingerprint density at radius 3 is 2.69 bits per heavy atom. The molecule has 0 aliphatic carbocycles. The van der Waals surface area contributed by atoms with E-state index in [-0.39, 0.29) is 5.91 Å². The van der Waals surface area contributed by atoms with Gasteiger partial charge in [-0.2, -0.15) is 0 Å². The molecule has 3 aromatic carbocycles. The van der Waals surface area contributed by atoms with Gasteiger partial charge in [0.25, 0.3) is 5.91 Å². The number of ether oxygens (including phenoxy) is 1. The minimum absolute atomic E-state index is 0.0846. The molecule has 1 amide bonds. The minimum atomic E-state index is -0.0846. The maximum Gasteiger partial charge on any atom is 0.252 e. The van der Waals surface area contributed by atoms with E-state index >= 15 is 0 Å². The molecule has 0 saturated heterocycles. The van der Waals surface area contributed by atoms with Crippen molar-refractivity contribution >= 4 is 28.4 Å². The minimum Gasteiger partial charge on any atom is -0.491 e. The molecule has 0 aliphatic heterocycles. The van der Waals surface area contributed by atoms with Crippen LogP contribution in [0.25, 0.3) is 10.8 Å². The highest BCUT2D eigenvalue weighted by atomic mass is 32.2. The first-order valence-corrected chi connectivity index (χ1v) is 9.49. The monoisotopic (exact) mass is 363 g/mol. The van der Waals surface area contributed by atoms with Crippen molar-refractivity contribution in [3.63, 3.8) is 0 Å². The molecule has 3 aromatic rings. The molecule has 0 saturated carbocycles.